The zero-order valence-electron chi connectivity index (χ0n) is 21.1. The second kappa shape index (κ2) is 12.0. The summed E-state index contributed by atoms with van der Waals surface area (Å²) in [5, 5.41) is 10.4. The average Bonchev–Trinajstić information content (AvgIpc) is 2.84. The van der Waals surface area contributed by atoms with Gasteiger partial charge in [-0.05, 0) is 68.9 Å². The van der Waals surface area contributed by atoms with E-state index in [-0.39, 0.29) is 17.4 Å². The maximum atomic E-state index is 12.7. The van der Waals surface area contributed by atoms with E-state index in [0.29, 0.717) is 12.5 Å². The molecule has 206 valence electrons. The van der Waals surface area contributed by atoms with Crippen molar-refractivity contribution in [3.63, 3.8) is 0 Å². The fourth-order valence-electron chi connectivity index (χ4n) is 5.73. The van der Waals surface area contributed by atoms with Gasteiger partial charge in [0.1, 0.15) is 11.4 Å². The van der Waals surface area contributed by atoms with E-state index in [2.05, 4.69) is 34.5 Å². The van der Waals surface area contributed by atoms with Crippen LogP contribution >= 0.6 is 0 Å². The number of halogens is 3. The number of carboxylic acids is 1. The van der Waals surface area contributed by atoms with Crippen molar-refractivity contribution in [2.45, 2.75) is 81.5 Å². The van der Waals surface area contributed by atoms with Crippen LogP contribution in [0.3, 0.4) is 0 Å². The van der Waals surface area contributed by atoms with Gasteiger partial charge in [-0.2, -0.15) is 13.2 Å². The summed E-state index contributed by atoms with van der Waals surface area (Å²) < 4.78 is 43.9. The van der Waals surface area contributed by atoms with Gasteiger partial charge in [-0.15, -0.1) is 0 Å². The Labute approximate surface area is 215 Å². The van der Waals surface area contributed by atoms with Crippen molar-refractivity contribution in [2.75, 3.05) is 32.8 Å². The molecule has 1 aliphatic carbocycles. The molecule has 1 unspecified atom stereocenters. The highest BCUT2D eigenvalue weighted by molar-refractivity contribution is 5.77. The zero-order chi connectivity index (χ0) is 26.5. The highest BCUT2D eigenvalue weighted by Crippen LogP contribution is 2.46. The number of benzene rings is 1. The third kappa shape index (κ3) is 7.60. The Morgan fingerprint density at radius 2 is 1.73 bits per heavy atom. The largest absolute Gasteiger partial charge is 0.490 e. The molecule has 0 bridgehead atoms. The number of nitrogens with zero attached hydrogens (tertiary/aromatic N) is 1. The molecule has 1 aromatic carbocycles. The Hall–Kier alpha value is -2.33. The van der Waals surface area contributed by atoms with Gasteiger partial charge in [-0.25, -0.2) is 4.79 Å². The number of aliphatic carboxylic acids is 1. The summed E-state index contributed by atoms with van der Waals surface area (Å²) in [6, 6.07) is 8.80. The van der Waals surface area contributed by atoms with Crippen LogP contribution in [0, 0.1) is 5.92 Å². The second-order valence-electron chi connectivity index (χ2n) is 10.8. The summed E-state index contributed by atoms with van der Waals surface area (Å²) in [4.78, 5) is 24.2. The Morgan fingerprint density at radius 3 is 2.32 bits per heavy atom. The van der Waals surface area contributed by atoms with Crippen LogP contribution < -0.4 is 10.1 Å². The Bertz CT molecular complexity index is 923. The number of nitrogens with one attached hydrogen (secondary N) is 1. The van der Waals surface area contributed by atoms with E-state index in [1.54, 1.807) is 0 Å². The van der Waals surface area contributed by atoms with Gasteiger partial charge in [0.2, 0.25) is 5.91 Å². The summed E-state index contributed by atoms with van der Waals surface area (Å²) in [5.41, 5.74) is 1.11. The van der Waals surface area contributed by atoms with Gasteiger partial charge in [0.05, 0.1) is 0 Å². The summed E-state index contributed by atoms with van der Waals surface area (Å²) >= 11 is 0. The highest BCUT2D eigenvalue weighted by Gasteiger charge is 2.44. The molecular formula is C27H37F3N2O5. The first-order valence-electron chi connectivity index (χ1n) is 13.3. The van der Waals surface area contributed by atoms with Crippen molar-refractivity contribution in [3.8, 4) is 5.75 Å². The number of ether oxygens (including phenoxy) is 2. The maximum absolute atomic E-state index is 12.7. The monoisotopic (exact) mass is 526 g/mol. The van der Waals surface area contributed by atoms with Crippen molar-refractivity contribution >= 4 is 11.9 Å². The summed E-state index contributed by atoms with van der Waals surface area (Å²) in [6.07, 6.45) is 4.52. The molecule has 3 fully saturated rings. The van der Waals surface area contributed by atoms with Gasteiger partial charge in [0.15, 0.2) is 0 Å². The fraction of sp³-hybridized carbons (Fsp3) is 0.704. The number of amides is 1. The number of carboxylic acid groups (broad SMARTS) is 1. The number of likely N-dealkylation sites (tertiary alicyclic amines) is 1. The average molecular weight is 527 g/mol. The Morgan fingerprint density at radius 1 is 1.08 bits per heavy atom. The SMILES string of the molecule is O=C(CC1CC2(CCN(CC3CCOCC3)CC2)Oc2ccccc21)NC1CCC1.O=C(O)C(F)(F)F. The Kier molecular flexibility index (Phi) is 9.00. The van der Waals surface area contributed by atoms with Gasteiger partial charge >= 0.3 is 12.1 Å². The van der Waals surface area contributed by atoms with E-state index in [1.807, 2.05) is 0 Å². The smallest absolute Gasteiger partial charge is 0.487 e. The molecule has 5 rings (SSSR count). The molecule has 1 atom stereocenters. The molecule has 2 N–H and O–H groups in total. The van der Waals surface area contributed by atoms with Crippen LogP contribution in [-0.4, -0.2) is 72.6 Å². The molecule has 1 aromatic rings. The third-order valence-corrected chi connectivity index (χ3v) is 8.07. The molecule has 7 nitrogen and oxygen atoms in total. The number of carbonyl (C=O) groups excluding carboxylic acids is 1. The lowest BCUT2D eigenvalue weighted by Crippen LogP contribution is -2.51. The van der Waals surface area contributed by atoms with E-state index < -0.39 is 12.1 Å². The lowest BCUT2D eigenvalue weighted by Gasteiger charge is -2.47. The minimum atomic E-state index is -5.08. The second-order valence-corrected chi connectivity index (χ2v) is 10.8. The summed E-state index contributed by atoms with van der Waals surface area (Å²) in [7, 11) is 0. The lowest BCUT2D eigenvalue weighted by atomic mass is 9.76. The quantitative estimate of drug-likeness (QED) is 0.587. The van der Waals surface area contributed by atoms with Gasteiger partial charge in [-0.1, -0.05) is 18.2 Å². The van der Waals surface area contributed by atoms with Gasteiger partial charge in [0.25, 0.3) is 0 Å². The lowest BCUT2D eigenvalue weighted by molar-refractivity contribution is -0.192. The number of rotatable bonds is 5. The van der Waals surface area contributed by atoms with Crippen LogP contribution in [0.1, 0.15) is 69.3 Å². The minimum absolute atomic E-state index is 0.109. The van der Waals surface area contributed by atoms with E-state index in [0.717, 1.165) is 70.1 Å². The number of alkyl halides is 3. The van der Waals surface area contributed by atoms with Crippen LogP contribution in [0.25, 0.3) is 0 Å². The van der Waals surface area contributed by atoms with Gasteiger partial charge in [-0.3, -0.25) is 4.79 Å². The molecule has 1 spiro atoms. The number of hydrogen-bond donors (Lipinski definition) is 2. The van der Waals surface area contributed by atoms with Crippen LogP contribution in [0.2, 0.25) is 0 Å². The standard InChI is InChI=1S/C25H36N2O3.C2HF3O2/c28-24(26-21-4-3-5-21)16-20-17-25(30-23-7-2-1-6-22(20)23)10-12-27(13-11-25)18-19-8-14-29-15-9-19;3-2(4,5)1(6)7/h1-2,6-7,19-21H,3-5,8-18H2,(H,26,28);(H,6,7). The molecule has 1 saturated carbocycles. The topological polar surface area (TPSA) is 88.1 Å². The van der Waals surface area contributed by atoms with E-state index in [9.17, 15) is 18.0 Å². The van der Waals surface area contributed by atoms with Crippen molar-refractivity contribution < 1.29 is 37.3 Å². The number of para-hydroxylation sites is 1. The molecule has 3 aliphatic heterocycles. The van der Waals surface area contributed by atoms with Crippen molar-refractivity contribution in [2.24, 2.45) is 5.92 Å². The highest BCUT2D eigenvalue weighted by atomic mass is 19.4. The van der Waals surface area contributed by atoms with E-state index in [1.165, 1.54) is 31.4 Å². The van der Waals surface area contributed by atoms with Crippen molar-refractivity contribution in [1.29, 1.82) is 0 Å². The van der Waals surface area contributed by atoms with Crippen LogP contribution in [-0.2, 0) is 14.3 Å². The van der Waals surface area contributed by atoms with Crippen LogP contribution in [0.4, 0.5) is 13.2 Å². The Balaban J connectivity index is 0.000000405. The summed E-state index contributed by atoms with van der Waals surface area (Å²) in [6.45, 7) is 5.24. The predicted octanol–water partition coefficient (Wildman–Crippen LogP) is 4.51. The number of fused-ring (bicyclic) bond motifs is 1. The van der Waals surface area contributed by atoms with Crippen molar-refractivity contribution in [3.05, 3.63) is 29.8 Å². The molecule has 2 saturated heterocycles. The first-order valence-corrected chi connectivity index (χ1v) is 13.3. The van der Waals surface area contributed by atoms with Crippen LogP contribution in [0.5, 0.6) is 5.75 Å². The maximum Gasteiger partial charge on any atom is 0.490 e. The molecule has 1 amide bonds. The third-order valence-electron chi connectivity index (χ3n) is 8.07. The van der Waals surface area contributed by atoms with Gasteiger partial charge < -0.3 is 24.8 Å². The van der Waals surface area contributed by atoms with E-state index >= 15 is 0 Å². The normalized spacial score (nSPS) is 24.1. The minimum Gasteiger partial charge on any atom is -0.487 e. The molecule has 10 heteroatoms. The fourth-order valence-corrected chi connectivity index (χ4v) is 5.73. The number of carbonyl (C=O) groups is 2. The molecule has 0 aromatic heterocycles. The van der Waals surface area contributed by atoms with Crippen molar-refractivity contribution in [1.82, 2.24) is 10.2 Å². The summed E-state index contributed by atoms with van der Waals surface area (Å²) in [5.74, 6) is -0.495. The van der Waals surface area contributed by atoms with Gasteiger partial charge in [0, 0.05) is 51.2 Å². The van der Waals surface area contributed by atoms with E-state index in [4.69, 9.17) is 19.4 Å². The first kappa shape index (κ1) is 27.7. The first-order chi connectivity index (χ1) is 17.6. The number of hydrogen-bond acceptors (Lipinski definition) is 5. The number of piperidine rings is 1. The molecule has 3 heterocycles. The zero-order valence-corrected chi connectivity index (χ0v) is 21.1. The molecule has 37 heavy (non-hydrogen) atoms. The molecular weight excluding hydrogens is 489 g/mol. The predicted molar refractivity (Wildman–Crippen MR) is 130 cm³/mol. The molecule has 4 aliphatic rings. The van der Waals surface area contributed by atoms with Crippen LogP contribution in [0.15, 0.2) is 24.3 Å². The molecule has 0 radical (unpaired) electrons.